The third kappa shape index (κ3) is 2.15. The number of nitrogens with zero attached hydrogens (tertiary/aromatic N) is 2. The lowest BCUT2D eigenvalue weighted by atomic mass is 10.2. The SMILES string of the molecule is Cc1ccc(Br)c(-n2c(CCl)nc3cccc(C)c32)c1. The van der Waals surface area contributed by atoms with E-state index < -0.39 is 0 Å². The maximum Gasteiger partial charge on any atom is 0.129 e. The number of imidazole rings is 1. The van der Waals surface area contributed by atoms with Gasteiger partial charge in [0.15, 0.2) is 0 Å². The number of para-hydroxylation sites is 1. The van der Waals surface area contributed by atoms with Crippen LogP contribution in [0.2, 0.25) is 0 Å². The van der Waals surface area contributed by atoms with Gasteiger partial charge in [-0.1, -0.05) is 18.2 Å². The number of hydrogen-bond donors (Lipinski definition) is 0. The van der Waals surface area contributed by atoms with Crippen LogP contribution in [0.1, 0.15) is 17.0 Å². The lowest BCUT2D eigenvalue weighted by Crippen LogP contribution is -2.01. The largest absolute Gasteiger partial charge is 0.294 e. The Hall–Kier alpha value is -1.32. The van der Waals surface area contributed by atoms with Gasteiger partial charge in [0.05, 0.1) is 22.6 Å². The Morgan fingerprint density at radius 3 is 2.75 bits per heavy atom. The third-order valence-electron chi connectivity index (χ3n) is 3.41. The average molecular weight is 350 g/mol. The fourth-order valence-corrected chi connectivity index (χ4v) is 3.09. The molecule has 1 heterocycles. The van der Waals surface area contributed by atoms with Crippen LogP contribution in [0.4, 0.5) is 0 Å². The van der Waals surface area contributed by atoms with Gasteiger partial charge in [-0.25, -0.2) is 4.98 Å². The van der Waals surface area contributed by atoms with Crippen LogP contribution in [0.3, 0.4) is 0 Å². The molecule has 0 N–H and O–H groups in total. The number of aromatic nitrogens is 2. The number of halogens is 2. The molecule has 0 fully saturated rings. The van der Waals surface area contributed by atoms with Crippen LogP contribution in [-0.4, -0.2) is 9.55 Å². The molecule has 0 saturated heterocycles. The molecule has 0 aliphatic heterocycles. The maximum absolute atomic E-state index is 6.10. The Kier molecular flexibility index (Phi) is 3.57. The van der Waals surface area contributed by atoms with Gasteiger partial charge in [0.25, 0.3) is 0 Å². The van der Waals surface area contributed by atoms with Crippen molar-refractivity contribution >= 4 is 38.6 Å². The molecule has 3 rings (SSSR count). The fourth-order valence-electron chi connectivity index (χ4n) is 2.49. The Balaban J connectivity index is 2.42. The Bertz CT molecular complexity index is 793. The molecule has 0 unspecified atom stereocenters. The predicted molar refractivity (Wildman–Crippen MR) is 87.8 cm³/mol. The molecular formula is C16H14BrClN2. The van der Waals surface area contributed by atoms with Crippen LogP contribution >= 0.6 is 27.5 Å². The highest BCUT2D eigenvalue weighted by atomic mass is 79.9. The highest BCUT2D eigenvalue weighted by molar-refractivity contribution is 9.10. The van der Waals surface area contributed by atoms with Crippen LogP contribution in [0.5, 0.6) is 0 Å². The molecule has 3 aromatic rings. The summed E-state index contributed by atoms with van der Waals surface area (Å²) in [6, 6.07) is 12.4. The summed E-state index contributed by atoms with van der Waals surface area (Å²) >= 11 is 9.73. The van der Waals surface area contributed by atoms with E-state index in [2.05, 4.69) is 63.6 Å². The summed E-state index contributed by atoms with van der Waals surface area (Å²) in [6.45, 7) is 4.19. The molecule has 2 nitrogen and oxygen atoms in total. The van der Waals surface area contributed by atoms with Crippen molar-refractivity contribution in [2.75, 3.05) is 0 Å². The van der Waals surface area contributed by atoms with Gasteiger partial charge >= 0.3 is 0 Å². The highest BCUT2D eigenvalue weighted by Gasteiger charge is 2.15. The molecule has 0 spiro atoms. The molecule has 0 atom stereocenters. The minimum absolute atomic E-state index is 0.383. The first kappa shape index (κ1) is 13.7. The summed E-state index contributed by atoms with van der Waals surface area (Å²) in [6.07, 6.45) is 0. The quantitative estimate of drug-likeness (QED) is 0.585. The third-order valence-corrected chi connectivity index (χ3v) is 4.32. The predicted octanol–water partition coefficient (Wildman–Crippen LogP) is 5.14. The Morgan fingerprint density at radius 1 is 1.20 bits per heavy atom. The van der Waals surface area contributed by atoms with E-state index in [0.29, 0.717) is 5.88 Å². The van der Waals surface area contributed by atoms with Crippen molar-refractivity contribution in [3.05, 3.63) is 57.8 Å². The number of aryl methyl sites for hydroxylation is 2. The van der Waals surface area contributed by atoms with E-state index in [-0.39, 0.29) is 0 Å². The van der Waals surface area contributed by atoms with Crippen molar-refractivity contribution in [1.29, 1.82) is 0 Å². The van der Waals surface area contributed by atoms with Gasteiger partial charge in [-0.15, -0.1) is 11.6 Å². The molecule has 0 radical (unpaired) electrons. The monoisotopic (exact) mass is 348 g/mol. The smallest absolute Gasteiger partial charge is 0.129 e. The molecule has 0 aliphatic carbocycles. The fraction of sp³-hybridized carbons (Fsp3) is 0.188. The summed E-state index contributed by atoms with van der Waals surface area (Å²) < 4.78 is 3.19. The van der Waals surface area contributed by atoms with E-state index in [0.717, 1.165) is 27.0 Å². The Labute approximate surface area is 131 Å². The van der Waals surface area contributed by atoms with E-state index in [4.69, 9.17) is 11.6 Å². The second-order valence-electron chi connectivity index (χ2n) is 4.89. The zero-order valence-electron chi connectivity index (χ0n) is 11.3. The molecule has 0 amide bonds. The second-order valence-corrected chi connectivity index (χ2v) is 6.02. The molecule has 4 heteroatoms. The van der Waals surface area contributed by atoms with Gasteiger partial charge in [0.1, 0.15) is 5.82 Å². The number of benzene rings is 2. The summed E-state index contributed by atoms with van der Waals surface area (Å²) in [5.41, 5.74) is 5.58. The topological polar surface area (TPSA) is 17.8 Å². The van der Waals surface area contributed by atoms with E-state index in [9.17, 15) is 0 Å². The van der Waals surface area contributed by atoms with Crippen LogP contribution in [-0.2, 0) is 5.88 Å². The van der Waals surface area contributed by atoms with Crippen molar-refractivity contribution in [3.8, 4) is 5.69 Å². The Morgan fingerprint density at radius 2 is 2.00 bits per heavy atom. The second kappa shape index (κ2) is 5.23. The molecule has 102 valence electrons. The highest BCUT2D eigenvalue weighted by Crippen LogP contribution is 2.30. The number of hydrogen-bond acceptors (Lipinski definition) is 1. The minimum atomic E-state index is 0.383. The lowest BCUT2D eigenvalue weighted by Gasteiger charge is -2.12. The van der Waals surface area contributed by atoms with E-state index in [1.807, 2.05) is 12.1 Å². The van der Waals surface area contributed by atoms with Crippen LogP contribution in [0, 0.1) is 13.8 Å². The van der Waals surface area contributed by atoms with Gasteiger partial charge in [-0.2, -0.15) is 0 Å². The molecule has 0 aliphatic rings. The van der Waals surface area contributed by atoms with Gasteiger partial charge in [0.2, 0.25) is 0 Å². The number of fused-ring (bicyclic) bond motifs is 1. The van der Waals surface area contributed by atoms with Crippen molar-refractivity contribution in [2.45, 2.75) is 19.7 Å². The van der Waals surface area contributed by atoms with Gasteiger partial charge in [0, 0.05) is 4.47 Å². The van der Waals surface area contributed by atoms with Crippen molar-refractivity contribution in [1.82, 2.24) is 9.55 Å². The van der Waals surface area contributed by atoms with Gasteiger partial charge < -0.3 is 0 Å². The normalized spacial score (nSPS) is 11.2. The summed E-state index contributed by atoms with van der Waals surface area (Å²) in [7, 11) is 0. The molecule has 0 saturated carbocycles. The number of alkyl halides is 1. The standard InChI is InChI=1S/C16H14BrClN2/c1-10-6-7-12(17)14(8-10)20-15(9-18)19-13-5-3-4-11(2)16(13)20/h3-8H,9H2,1-2H3. The van der Waals surface area contributed by atoms with E-state index >= 15 is 0 Å². The van der Waals surface area contributed by atoms with E-state index in [1.165, 1.54) is 11.1 Å². The maximum atomic E-state index is 6.10. The van der Waals surface area contributed by atoms with Crippen molar-refractivity contribution < 1.29 is 0 Å². The van der Waals surface area contributed by atoms with Crippen LogP contribution < -0.4 is 0 Å². The summed E-state index contributed by atoms with van der Waals surface area (Å²) in [4.78, 5) is 4.65. The zero-order valence-corrected chi connectivity index (χ0v) is 13.7. The molecular weight excluding hydrogens is 336 g/mol. The van der Waals surface area contributed by atoms with Crippen molar-refractivity contribution in [2.24, 2.45) is 0 Å². The van der Waals surface area contributed by atoms with Crippen molar-refractivity contribution in [3.63, 3.8) is 0 Å². The first-order valence-electron chi connectivity index (χ1n) is 6.41. The summed E-state index contributed by atoms with van der Waals surface area (Å²) in [5, 5.41) is 0. The van der Waals surface area contributed by atoms with Crippen LogP contribution in [0.25, 0.3) is 16.7 Å². The summed E-state index contributed by atoms with van der Waals surface area (Å²) in [5.74, 6) is 1.25. The van der Waals surface area contributed by atoms with Crippen LogP contribution in [0.15, 0.2) is 40.9 Å². The zero-order chi connectivity index (χ0) is 14.3. The van der Waals surface area contributed by atoms with Gasteiger partial charge in [-0.05, 0) is 59.1 Å². The lowest BCUT2D eigenvalue weighted by molar-refractivity contribution is 0.972. The number of rotatable bonds is 2. The first-order chi connectivity index (χ1) is 9.61. The van der Waals surface area contributed by atoms with Gasteiger partial charge in [-0.3, -0.25) is 4.57 Å². The van der Waals surface area contributed by atoms with E-state index in [1.54, 1.807) is 0 Å². The average Bonchev–Trinajstić information content (AvgIpc) is 2.81. The molecule has 1 aromatic heterocycles. The molecule has 2 aromatic carbocycles. The molecule has 20 heavy (non-hydrogen) atoms. The first-order valence-corrected chi connectivity index (χ1v) is 7.74. The minimum Gasteiger partial charge on any atom is -0.294 e. The molecule has 0 bridgehead atoms.